The van der Waals surface area contributed by atoms with Crippen molar-refractivity contribution in [2.75, 3.05) is 11.5 Å². The highest BCUT2D eigenvalue weighted by Crippen LogP contribution is 2.30. The second-order valence-electron chi connectivity index (χ2n) is 3.98. The number of nitrogens with two attached hydrogens (primary N) is 1. The number of nitrogens with zero attached hydrogens (tertiary/aromatic N) is 2. The maximum atomic E-state index is 11.4. The first-order chi connectivity index (χ1) is 7.62. The van der Waals surface area contributed by atoms with Crippen LogP contribution in [-0.4, -0.2) is 29.9 Å². The first kappa shape index (κ1) is 11.4. The third-order valence-electron chi connectivity index (χ3n) is 2.86. The number of hydrogen-bond acceptors (Lipinski definition) is 6. The molecule has 1 fully saturated rings. The van der Waals surface area contributed by atoms with E-state index < -0.39 is 9.84 Å². The average molecular weight is 242 g/mol. The summed E-state index contributed by atoms with van der Waals surface area (Å²) < 4.78 is 22.8. The van der Waals surface area contributed by atoms with Crippen LogP contribution in [0.4, 0.5) is 0 Å². The topological polar surface area (TPSA) is 98.0 Å². The number of hydrogen-bond donors (Lipinski definition) is 2. The molecular weight excluding hydrogens is 228 g/mol. The monoisotopic (exact) mass is 242 g/mol. The van der Waals surface area contributed by atoms with Crippen LogP contribution in [0.3, 0.4) is 0 Å². The molecule has 0 amide bonds. The van der Waals surface area contributed by atoms with Crippen LogP contribution < -0.4 is 11.3 Å². The molecule has 0 saturated carbocycles. The molecule has 3 N–H and O–H groups in total. The normalized spacial score (nSPS) is 25.4. The van der Waals surface area contributed by atoms with Crippen molar-refractivity contribution in [1.29, 1.82) is 0 Å². The molecule has 1 saturated heterocycles. The predicted octanol–water partition coefficient (Wildman–Crippen LogP) is -0.584. The van der Waals surface area contributed by atoms with Gasteiger partial charge in [0.05, 0.1) is 17.5 Å². The molecule has 16 heavy (non-hydrogen) atoms. The fraction of sp³-hybridized carbons (Fsp3) is 0.556. The summed E-state index contributed by atoms with van der Waals surface area (Å²) in [4.78, 5) is 7.81. The standard InChI is InChI=1S/C9H14N4O2S/c10-13-9(8-3-11-6-12-4-8)7-1-2-16(14,15)5-7/h3-4,6-7,9,13H,1-2,5,10H2. The van der Waals surface area contributed by atoms with Crippen LogP contribution in [-0.2, 0) is 9.84 Å². The Hall–Kier alpha value is -1.05. The number of rotatable bonds is 3. The van der Waals surface area contributed by atoms with Gasteiger partial charge in [0.15, 0.2) is 9.84 Å². The molecule has 88 valence electrons. The minimum atomic E-state index is -2.89. The lowest BCUT2D eigenvalue weighted by atomic mass is 9.95. The molecule has 7 heteroatoms. The van der Waals surface area contributed by atoms with Crippen molar-refractivity contribution in [3.05, 3.63) is 24.3 Å². The Morgan fingerprint density at radius 1 is 1.44 bits per heavy atom. The summed E-state index contributed by atoms with van der Waals surface area (Å²) >= 11 is 0. The average Bonchev–Trinajstić information content (AvgIpc) is 2.62. The molecule has 1 aliphatic heterocycles. The van der Waals surface area contributed by atoms with Crippen molar-refractivity contribution in [3.63, 3.8) is 0 Å². The molecule has 2 atom stereocenters. The molecule has 0 bridgehead atoms. The van der Waals surface area contributed by atoms with E-state index in [0.717, 1.165) is 5.56 Å². The second-order valence-corrected chi connectivity index (χ2v) is 6.21. The summed E-state index contributed by atoms with van der Waals surface area (Å²) in [5.41, 5.74) is 3.48. The zero-order chi connectivity index (χ0) is 11.6. The van der Waals surface area contributed by atoms with Gasteiger partial charge in [-0.1, -0.05) is 0 Å². The van der Waals surface area contributed by atoms with Crippen LogP contribution in [0.2, 0.25) is 0 Å². The summed E-state index contributed by atoms with van der Waals surface area (Å²) in [5, 5.41) is 0. The van der Waals surface area contributed by atoms with Crippen LogP contribution in [0.25, 0.3) is 0 Å². The van der Waals surface area contributed by atoms with Crippen LogP contribution >= 0.6 is 0 Å². The van der Waals surface area contributed by atoms with Gasteiger partial charge in [-0.2, -0.15) is 0 Å². The molecule has 0 spiro atoms. The lowest BCUT2D eigenvalue weighted by Gasteiger charge is -2.21. The summed E-state index contributed by atoms with van der Waals surface area (Å²) in [6.07, 6.45) is 5.37. The Morgan fingerprint density at radius 3 is 2.62 bits per heavy atom. The van der Waals surface area contributed by atoms with Gasteiger partial charge in [0, 0.05) is 18.0 Å². The summed E-state index contributed by atoms with van der Waals surface area (Å²) in [5.74, 6) is 5.89. The Bertz CT molecular complexity index is 448. The van der Waals surface area contributed by atoms with Gasteiger partial charge in [-0.05, 0) is 12.3 Å². The quantitative estimate of drug-likeness (QED) is 0.543. The van der Waals surface area contributed by atoms with Crippen LogP contribution in [0.15, 0.2) is 18.7 Å². The van der Waals surface area contributed by atoms with Crippen molar-refractivity contribution in [1.82, 2.24) is 15.4 Å². The maximum Gasteiger partial charge on any atom is 0.150 e. The molecule has 2 unspecified atom stereocenters. The van der Waals surface area contributed by atoms with E-state index in [1.54, 1.807) is 12.4 Å². The fourth-order valence-corrected chi connectivity index (χ4v) is 3.90. The summed E-state index contributed by atoms with van der Waals surface area (Å²) in [6.45, 7) is 0. The first-order valence-corrected chi connectivity index (χ1v) is 6.86. The van der Waals surface area contributed by atoms with E-state index in [1.807, 2.05) is 0 Å². The zero-order valence-electron chi connectivity index (χ0n) is 8.70. The highest BCUT2D eigenvalue weighted by molar-refractivity contribution is 7.91. The van der Waals surface area contributed by atoms with E-state index in [9.17, 15) is 8.42 Å². The van der Waals surface area contributed by atoms with E-state index in [2.05, 4.69) is 15.4 Å². The number of hydrazine groups is 1. The smallest absolute Gasteiger partial charge is 0.150 e. The van der Waals surface area contributed by atoms with Gasteiger partial charge in [0.2, 0.25) is 0 Å². The molecule has 0 aromatic carbocycles. The molecule has 1 aromatic heterocycles. The van der Waals surface area contributed by atoms with Gasteiger partial charge in [0.25, 0.3) is 0 Å². The molecular formula is C9H14N4O2S. The Kier molecular flexibility index (Phi) is 3.17. The number of nitrogens with one attached hydrogen (secondary N) is 1. The van der Waals surface area contributed by atoms with E-state index in [1.165, 1.54) is 6.33 Å². The minimum Gasteiger partial charge on any atom is -0.271 e. The van der Waals surface area contributed by atoms with Crippen LogP contribution in [0, 0.1) is 5.92 Å². The number of aromatic nitrogens is 2. The van der Waals surface area contributed by atoms with E-state index in [0.29, 0.717) is 6.42 Å². The molecule has 1 aromatic rings. The molecule has 2 rings (SSSR count). The fourth-order valence-electron chi connectivity index (χ4n) is 2.06. The van der Waals surface area contributed by atoms with Crippen molar-refractivity contribution < 1.29 is 8.42 Å². The lowest BCUT2D eigenvalue weighted by Crippen LogP contribution is -2.34. The largest absolute Gasteiger partial charge is 0.271 e. The van der Waals surface area contributed by atoms with Crippen molar-refractivity contribution in [2.45, 2.75) is 12.5 Å². The van der Waals surface area contributed by atoms with Gasteiger partial charge >= 0.3 is 0 Å². The van der Waals surface area contributed by atoms with E-state index in [-0.39, 0.29) is 23.5 Å². The minimum absolute atomic E-state index is 0.000926. The molecule has 2 heterocycles. The van der Waals surface area contributed by atoms with Gasteiger partial charge in [-0.15, -0.1) is 0 Å². The third kappa shape index (κ3) is 2.37. The zero-order valence-corrected chi connectivity index (χ0v) is 9.52. The van der Waals surface area contributed by atoms with Crippen LogP contribution in [0.5, 0.6) is 0 Å². The number of sulfone groups is 1. The Balaban J connectivity index is 2.19. The van der Waals surface area contributed by atoms with Crippen LogP contribution in [0.1, 0.15) is 18.0 Å². The summed E-state index contributed by atoms with van der Waals surface area (Å²) in [7, 11) is -2.89. The third-order valence-corrected chi connectivity index (χ3v) is 4.65. The van der Waals surface area contributed by atoms with E-state index in [4.69, 9.17) is 5.84 Å². The van der Waals surface area contributed by atoms with Crippen molar-refractivity contribution in [3.8, 4) is 0 Å². The van der Waals surface area contributed by atoms with Crippen molar-refractivity contribution in [2.24, 2.45) is 11.8 Å². The Morgan fingerprint density at radius 2 is 2.12 bits per heavy atom. The van der Waals surface area contributed by atoms with Gasteiger partial charge in [-0.3, -0.25) is 11.3 Å². The van der Waals surface area contributed by atoms with Gasteiger partial charge in [-0.25, -0.2) is 18.4 Å². The highest BCUT2D eigenvalue weighted by atomic mass is 32.2. The second kappa shape index (κ2) is 4.44. The first-order valence-electron chi connectivity index (χ1n) is 5.04. The molecule has 0 radical (unpaired) electrons. The van der Waals surface area contributed by atoms with E-state index >= 15 is 0 Å². The molecule has 1 aliphatic rings. The molecule has 0 aliphatic carbocycles. The maximum absolute atomic E-state index is 11.4. The predicted molar refractivity (Wildman–Crippen MR) is 58.9 cm³/mol. The summed E-state index contributed by atoms with van der Waals surface area (Å²) in [6, 6.07) is -0.196. The Labute approximate surface area is 94.2 Å². The van der Waals surface area contributed by atoms with Gasteiger partial charge in [0.1, 0.15) is 6.33 Å². The highest BCUT2D eigenvalue weighted by Gasteiger charge is 2.34. The lowest BCUT2D eigenvalue weighted by molar-refractivity contribution is 0.397. The van der Waals surface area contributed by atoms with Gasteiger partial charge < -0.3 is 0 Å². The molecule has 6 nitrogen and oxygen atoms in total. The SMILES string of the molecule is NNC(c1cncnc1)C1CCS(=O)(=O)C1. The van der Waals surface area contributed by atoms with Crippen molar-refractivity contribution >= 4 is 9.84 Å².